The first-order valence-corrected chi connectivity index (χ1v) is 20.9. The molecule has 274 valence electrons. The largest absolute Gasteiger partial charge is 0.309 e. The van der Waals surface area contributed by atoms with Crippen molar-refractivity contribution < 1.29 is 0 Å². The lowest BCUT2D eigenvalue weighted by Crippen LogP contribution is -1.93. The molecule has 0 bridgehead atoms. The second kappa shape index (κ2) is 12.5. The lowest BCUT2D eigenvalue weighted by atomic mass is 9.96. The minimum absolute atomic E-state index is 1.01. The quantitative estimate of drug-likeness (QED) is 0.164. The van der Waals surface area contributed by atoms with E-state index in [1.165, 1.54) is 91.5 Å². The molecule has 0 aliphatic heterocycles. The molecule has 13 aromatic rings. The molecule has 3 nitrogen and oxygen atoms in total. The summed E-state index contributed by atoms with van der Waals surface area (Å²) in [7, 11) is 0. The molecule has 0 saturated heterocycles. The van der Waals surface area contributed by atoms with Gasteiger partial charge in [0.2, 0.25) is 0 Å². The van der Waals surface area contributed by atoms with Crippen LogP contribution in [-0.4, -0.2) is 14.0 Å². The molecule has 0 N–H and O–H groups in total. The van der Waals surface area contributed by atoms with Crippen molar-refractivity contribution in [3.8, 4) is 39.2 Å². The van der Waals surface area contributed by atoms with Crippen molar-refractivity contribution in [2.75, 3.05) is 0 Å². The molecule has 4 aromatic heterocycles. The van der Waals surface area contributed by atoms with Gasteiger partial charge in [0, 0.05) is 31.9 Å². The molecule has 0 amide bonds. The fourth-order valence-electron chi connectivity index (χ4n) is 9.49. The Balaban J connectivity index is 0.933. The predicted octanol–water partition coefficient (Wildman–Crippen LogP) is 15.3. The first kappa shape index (κ1) is 32.5. The third-order valence-electron chi connectivity index (χ3n) is 12.3. The normalized spacial score (nSPS) is 12.1. The van der Waals surface area contributed by atoms with E-state index >= 15 is 0 Å². The standard InChI is InChI=1S/C55H33N3S/c1-2-13-42(14-3-1)57-48-18-8-6-16-45(48)53-43(17-10-19-49(53)57)36-25-21-34(22-26-36)35-23-27-37(28-24-35)50-33-46-44-15-7-9-20-52(44)59-54(46)55-56-47-31-40-29-38-11-4-5-12-39(38)30-41(40)32-51(47)58(50)55/h1-33H. The van der Waals surface area contributed by atoms with E-state index in [0.29, 0.717) is 0 Å². The first-order valence-electron chi connectivity index (χ1n) is 20.1. The Morgan fingerprint density at radius 2 is 1.03 bits per heavy atom. The van der Waals surface area contributed by atoms with Gasteiger partial charge >= 0.3 is 0 Å². The highest BCUT2D eigenvalue weighted by molar-refractivity contribution is 7.26. The van der Waals surface area contributed by atoms with Crippen LogP contribution < -0.4 is 0 Å². The van der Waals surface area contributed by atoms with Crippen molar-refractivity contribution in [1.29, 1.82) is 0 Å². The number of hydrogen-bond donors (Lipinski definition) is 0. The van der Waals surface area contributed by atoms with Crippen LogP contribution in [0.2, 0.25) is 0 Å². The third kappa shape index (κ3) is 4.91. The summed E-state index contributed by atoms with van der Waals surface area (Å²) in [4.78, 5) is 5.38. The van der Waals surface area contributed by atoms with Crippen LogP contribution in [0.4, 0.5) is 0 Å². The van der Waals surface area contributed by atoms with Gasteiger partial charge in [-0.05, 0) is 110 Å². The van der Waals surface area contributed by atoms with Gasteiger partial charge in [0.1, 0.15) is 0 Å². The number of imidazole rings is 1. The zero-order valence-corrected chi connectivity index (χ0v) is 32.6. The Morgan fingerprint density at radius 1 is 0.407 bits per heavy atom. The van der Waals surface area contributed by atoms with Gasteiger partial charge < -0.3 is 4.57 Å². The molecule has 9 aromatic carbocycles. The number of rotatable bonds is 4. The van der Waals surface area contributed by atoms with Gasteiger partial charge in [-0.1, -0.05) is 140 Å². The van der Waals surface area contributed by atoms with Crippen molar-refractivity contribution >= 4 is 91.5 Å². The van der Waals surface area contributed by atoms with Crippen LogP contribution in [0.1, 0.15) is 0 Å². The van der Waals surface area contributed by atoms with E-state index in [4.69, 9.17) is 4.98 Å². The molecule has 0 fully saturated rings. The monoisotopic (exact) mass is 767 g/mol. The number of benzene rings is 9. The van der Waals surface area contributed by atoms with E-state index in [1.807, 2.05) is 11.3 Å². The number of para-hydroxylation sites is 2. The summed E-state index contributed by atoms with van der Waals surface area (Å²) >= 11 is 1.83. The minimum Gasteiger partial charge on any atom is -0.309 e. The average Bonchev–Trinajstić information content (AvgIpc) is 3.97. The summed E-state index contributed by atoms with van der Waals surface area (Å²) in [6.45, 7) is 0. The molecule has 4 heterocycles. The van der Waals surface area contributed by atoms with Crippen molar-refractivity contribution in [2.45, 2.75) is 0 Å². The summed E-state index contributed by atoms with van der Waals surface area (Å²) in [5, 5.41) is 9.98. The summed E-state index contributed by atoms with van der Waals surface area (Å²) in [5.41, 5.74) is 13.9. The van der Waals surface area contributed by atoms with Gasteiger partial charge in [-0.25, -0.2) is 4.98 Å². The SMILES string of the molecule is c1ccc(-n2c3ccccc3c3c(-c4ccc(-c5ccc(-c6cc7c8ccccc8sc7c7nc8cc9cc%10ccccc%10cc9cc8n67)cc5)cc4)cccc32)cc1. The summed E-state index contributed by atoms with van der Waals surface area (Å²) in [5.74, 6) is 0. The van der Waals surface area contributed by atoms with Crippen LogP contribution in [0.15, 0.2) is 200 Å². The minimum atomic E-state index is 1.01. The fourth-order valence-corrected chi connectivity index (χ4v) is 10.7. The van der Waals surface area contributed by atoms with Crippen molar-refractivity contribution in [2.24, 2.45) is 0 Å². The Kier molecular flexibility index (Phi) is 6.89. The number of aromatic nitrogens is 3. The van der Waals surface area contributed by atoms with Gasteiger partial charge in [0.15, 0.2) is 5.65 Å². The van der Waals surface area contributed by atoms with E-state index in [2.05, 4.69) is 209 Å². The van der Waals surface area contributed by atoms with Gasteiger partial charge in [0.25, 0.3) is 0 Å². The predicted molar refractivity (Wildman–Crippen MR) is 251 cm³/mol. The highest BCUT2D eigenvalue weighted by atomic mass is 32.1. The average molecular weight is 768 g/mol. The van der Waals surface area contributed by atoms with Gasteiger partial charge in [-0.2, -0.15) is 0 Å². The number of fused-ring (bicyclic) bond motifs is 12. The van der Waals surface area contributed by atoms with E-state index in [9.17, 15) is 0 Å². The Labute approximate surface area is 343 Å². The van der Waals surface area contributed by atoms with Gasteiger partial charge in [0.05, 0.1) is 32.5 Å². The summed E-state index contributed by atoms with van der Waals surface area (Å²) in [6.07, 6.45) is 0. The van der Waals surface area contributed by atoms with Crippen LogP contribution in [0.3, 0.4) is 0 Å². The lowest BCUT2D eigenvalue weighted by molar-refractivity contribution is 1.18. The molecule has 0 aliphatic rings. The molecule has 0 atom stereocenters. The zero-order chi connectivity index (χ0) is 38.6. The van der Waals surface area contributed by atoms with Gasteiger partial charge in [-0.3, -0.25) is 4.40 Å². The molecule has 13 rings (SSSR count). The topological polar surface area (TPSA) is 22.2 Å². The molecular weight excluding hydrogens is 735 g/mol. The number of hydrogen-bond acceptors (Lipinski definition) is 2. The zero-order valence-electron chi connectivity index (χ0n) is 31.8. The molecule has 0 unspecified atom stereocenters. The summed E-state index contributed by atoms with van der Waals surface area (Å²) in [6, 6.07) is 73.2. The van der Waals surface area contributed by atoms with Crippen molar-refractivity contribution in [3.05, 3.63) is 200 Å². The third-order valence-corrected chi connectivity index (χ3v) is 13.4. The maximum absolute atomic E-state index is 5.38. The highest BCUT2D eigenvalue weighted by Crippen LogP contribution is 2.42. The fraction of sp³-hybridized carbons (Fsp3) is 0. The van der Waals surface area contributed by atoms with E-state index < -0.39 is 0 Å². The Bertz CT molecular complexity index is 3810. The maximum atomic E-state index is 5.38. The van der Waals surface area contributed by atoms with Gasteiger partial charge in [-0.15, -0.1) is 11.3 Å². The van der Waals surface area contributed by atoms with E-state index in [-0.39, 0.29) is 0 Å². The van der Waals surface area contributed by atoms with Crippen LogP contribution >= 0.6 is 11.3 Å². The molecular formula is C55H33N3S. The number of thiophene rings is 1. The molecule has 0 aliphatic carbocycles. The molecule has 4 heteroatoms. The number of nitrogens with zero attached hydrogens (tertiary/aromatic N) is 3. The molecule has 0 spiro atoms. The second-order valence-corrected chi connectivity index (χ2v) is 16.6. The molecule has 59 heavy (non-hydrogen) atoms. The summed E-state index contributed by atoms with van der Waals surface area (Å²) < 4.78 is 7.27. The second-order valence-electron chi connectivity index (χ2n) is 15.6. The van der Waals surface area contributed by atoms with Crippen LogP contribution in [0, 0.1) is 0 Å². The number of pyridine rings is 1. The smallest absolute Gasteiger partial charge is 0.156 e. The van der Waals surface area contributed by atoms with Crippen LogP contribution in [0.5, 0.6) is 0 Å². The van der Waals surface area contributed by atoms with E-state index in [1.54, 1.807) is 0 Å². The molecule has 0 saturated carbocycles. The first-order chi connectivity index (χ1) is 29.2. The Hall–Kier alpha value is -7.53. The van der Waals surface area contributed by atoms with E-state index in [0.717, 1.165) is 27.9 Å². The van der Waals surface area contributed by atoms with Crippen molar-refractivity contribution in [3.63, 3.8) is 0 Å². The lowest BCUT2D eigenvalue weighted by Gasteiger charge is -2.11. The van der Waals surface area contributed by atoms with Crippen LogP contribution in [-0.2, 0) is 0 Å². The highest BCUT2D eigenvalue weighted by Gasteiger charge is 2.19. The molecule has 0 radical (unpaired) electrons. The van der Waals surface area contributed by atoms with Crippen LogP contribution in [0.25, 0.3) is 119 Å². The Morgan fingerprint density at radius 3 is 1.81 bits per heavy atom. The maximum Gasteiger partial charge on any atom is 0.156 e. The van der Waals surface area contributed by atoms with Crippen molar-refractivity contribution in [1.82, 2.24) is 14.0 Å².